The molecule has 1 aromatic rings. The second-order valence-corrected chi connectivity index (χ2v) is 8.73. The molecular formula is C24H39IN4O3. The maximum Gasteiger partial charge on any atom is 0.195 e. The Hall–Kier alpha value is -1.26. The van der Waals surface area contributed by atoms with E-state index in [1.165, 1.54) is 25.7 Å². The molecule has 2 N–H and O–H groups in total. The second-order valence-electron chi connectivity index (χ2n) is 8.73. The average molecular weight is 559 g/mol. The largest absolute Gasteiger partial charge is 0.490 e. The number of fused-ring (bicyclic) bond motifs is 1. The smallest absolute Gasteiger partial charge is 0.195 e. The molecule has 0 radical (unpaired) electrons. The summed E-state index contributed by atoms with van der Waals surface area (Å²) in [5, 5.41) is 6.96. The number of nitrogens with one attached hydrogen (secondary N) is 2. The van der Waals surface area contributed by atoms with Gasteiger partial charge in [0.05, 0.1) is 13.2 Å². The predicted octanol–water partition coefficient (Wildman–Crippen LogP) is 4.12. The Morgan fingerprint density at radius 1 is 1.16 bits per heavy atom. The molecule has 2 saturated carbocycles. The van der Waals surface area contributed by atoms with Gasteiger partial charge in [-0.05, 0) is 56.7 Å². The monoisotopic (exact) mass is 558 g/mol. The molecule has 1 aliphatic heterocycles. The molecule has 3 aliphatic rings. The third kappa shape index (κ3) is 8.59. The van der Waals surface area contributed by atoms with Crippen molar-refractivity contribution in [3.05, 3.63) is 18.2 Å². The number of benzene rings is 1. The van der Waals surface area contributed by atoms with Gasteiger partial charge < -0.3 is 24.8 Å². The number of likely N-dealkylation sites (N-methyl/N-ethyl adjacent to an activating group) is 1. The molecule has 0 spiro atoms. The number of hydrogen-bond donors (Lipinski definition) is 2. The summed E-state index contributed by atoms with van der Waals surface area (Å²) in [4.78, 5) is 7.33. The van der Waals surface area contributed by atoms with Gasteiger partial charge in [0.25, 0.3) is 0 Å². The zero-order valence-electron chi connectivity index (χ0n) is 19.3. The molecule has 0 unspecified atom stereocenters. The van der Waals surface area contributed by atoms with E-state index < -0.39 is 0 Å². The van der Waals surface area contributed by atoms with Gasteiger partial charge >= 0.3 is 0 Å². The maximum absolute atomic E-state index is 5.83. The van der Waals surface area contributed by atoms with Crippen LogP contribution in [-0.2, 0) is 4.74 Å². The number of hydrogen-bond acceptors (Lipinski definition) is 5. The standard InChI is InChI=1S/C24H38N4O3.HI/c1-2-28(21-8-9-21)13-12-26-24(25-11-3-14-29-18-19-5-6-19)27-20-7-10-22-23(17-20)31-16-4-15-30-22;/h7,10,17,19,21H,2-6,8-9,11-16,18H2,1H3,(H2,25,26,27);1H. The molecule has 4 rings (SSSR count). The van der Waals surface area contributed by atoms with Crippen molar-refractivity contribution >= 4 is 35.6 Å². The van der Waals surface area contributed by atoms with Crippen molar-refractivity contribution in [2.45, 2.75) is 51.5 Å². The van der Waals surface area contributed by atoms with Crippen LogP contribution in [0.15, 0.2) is 23.2 Å². The van der Waals surface area contributed by atoms with Gasteiger partial charge in [-0.15, -0.1) is 24.0 Å². The molecule has 0 bridgehead atoms. The van der Waals surface area contributed by atoms with Gasteiger partial charge in [-0.1, -0.05) is 6.92 Å². The first-order valence-electron chi connectivity index (χ1n) is 12.1. The fraction of sp³-hybridized carbons (Fsp3) is 0.708. The Balaban J connectivity index is 0.00000289. The first-order valence-corrected chi connectivity index (χ1v) is 12.1. The van der Waals surface area contributed by atoms with E-state index in [2.05, 4.69) is 22.5 Å². The highest BCUT2D eigenvalue weighted by molar-refractivity contribution is 14.0. The van der Waals surface area contributed by atoms with Crippen LogP contribution in [0.4, 0.5) is 5.69 Å². The lowest BCUT2D eigenvalue weighted by Crippen LogP contribution is -2.39. The number of guanidine groups is 1. The van der Waals surface area contributed by atoms with Crippen LogP contribution in [0.2, 0.25) is 0 Å². The van der Waals surface area contributed by atoms with Crippen LogP contribution in [0.25, 0.3) is 0 Å². The number of nitrogens with zero attached hydrogens (tertiary/aromatic N) is 2. The highest BCUT2D eigenvalue weighted by Crippen LogP contribution is 2.32. The van der Waals surface area contributed by atoms with Gasteiger partial charge in [-0.25, -0.2) is 0 Å². The number of rotatable bonds is 12. The summed E-state index contributed by atoms with van der Waals surface area (Å²) >= 11 is 0. The number of halogens is 1. The molecule has 32 heavy (non-hydrogen) atoms. The molecule has 0 atom stereocenters. The lowest BCUT2D eigenvalue weighted by molar-refractivity contribution is 0.123. The molecule has 7 nitrogen and oxygen atoms in total. The van der Waals surface area contributed by atoms with Crippen molar-refractivity contribution in [1.82, 2.24) is 10.2 Å². The zero-order chi connectivity index (χ0) is 21.3. The van der Waals surface area contributed by atoms with E-state index in [1.807, 2.05) is 18.2 Å². The third-order valence-electron chi connectivity index (χ3n) is 5.94. The van der Waals surface area contributed by atoms with Crippen molar-refractivity contribution in [1.29, 1.82) is 0 Å². The van der Waals surface area contributed by atoms with E-state index in [9.17, 15) is 0 Å². The van der Waals surface area contributed by atoms with Crippen LogP contribution < -0.4 is 20.1 Å². The Morgan fingerprint density at radius 2 is 1.97 bits per heavy atom. The summed E-state index contributed by atoms with van der Waals surface area (Å²) in [5.41, 5.74) is 0.954. The molecule has 0 amide bonds. The summed E-state index contributed by atoms with van der Waals surface area (Å²) in [6, 6.07) is 6.77. The predicted molar refractivity (Wildman–Crippen MR) is 140 cm³/mol. The first kappa shape index (κ1) is 25.4. The van der Waals surface area contributed by atoms with Crippen molar-refractivity contribution in [3.8, 4) is 11.5 Å². The van der Waals surface area contributed by atoms with Crippen LogP contribution >= 0.6 is 24.0 Å². The minimum atomic E-state index is 0. The molecule has 0 aromatic heterocycles. The summed E-state index contributed by atoms with van der Waals surface area (Å²) < 4.78 is 17.3. The minimum Gasteiger partial charge on any atom is -0.490 e. The maximum atomic E-state index is 5.83. The summed E-state index contributed by atoms with van der Waals surface area (Å²) in [7, 11) is 0. The quantitative estimate of drug-likeness (QED) is 0.174. The van der Waals surface area contributed by atoms with E-state index in [1.54, 1.807) is 0 Å². The van der Waals surface area contributed by atoms with Gasteiger partial charge in [-0.3, -0.25) is 9.89 Å². The summed E-state index contributed by atoms with van der Waals surface area (Å²) in [5.74, 6) is 3.23. The number of aliphatic imine (C=N–C) groups is 1. The third-order valence-corrected chi connectivity index (χ3v) is 5.94. The van der Waals surface area contributed by atoms with Gasteiger partial charge in [0.15, 0.2) is 17.5 Å². The highest BCUT2D eigenvalue weighted by atomic mass is 127. The molecule has 2 fully saturated rings. The van der Waals surface area contributed by atoms with Crippen LogP contribution in [-0.4, -0.2) is 69.5 Å². The number of ether oxygens (including phenoxy) is 3. The molecule has 0 saturated heterocycles. The molecule has 1 aromatic carbocycles. The van der Waals surface area contributed by atoms with Crippen molar-refractivity contribution < 1.29 is 14.2 Å². The van der Waals surface area contributed by atoms with E-state index in [0.717, 1.165) is 87.3 Å². The lowest BCUT2D eigenvalue weighted by atomic mass is 10.2. The second kappa shape index (κ2) is 13.4. The molecule has 2 aliphatic carbocycles. The minimum absolute atomic E-state index is 0. The van der Waals surface area contributed by atoms with E-state index in [-0.39, 0.29) is 24.0 Å². The van der Waals surface area contributed by atoms with Crippen LogP contribution in [0.1, 0.15) is 45.4 Å². The lowest BCUT2D eigenvalue weighted by Gasteiger charge is -2.21. The van der Waals surface area contributed by atoms with E-state index >= 15 is 0 Å². The van der Waals surface area contributed by atoms with Crippen LogP contribution in [0.3, 0.4) is 0 Å². The Labute approximate surface area is 209 Å². The average Bonchev–Trinajstić information content (AvgIpc) is 3.66. The van der Waals surface area contributed by atoms with Crippen molar-refractivity contribution in [2.75, 3.05) is 57.9 Å². The van der Waals surface area contributed by atoms with Gasteiger partial charge in [0.1, 0.15) is 0 Å². The van der Waals surface area contributed by atoms with Gasteiger partial charge in [0, 0.05) is 57.1 Å². The fourth-order valence-electron chi connectivity index (χ4n) is 3.77. The summed E-state index contributed by atoms with van der Waals surface area (Å²) in [6.07, 6.45) is 7.19. The van der Waals surface area contributed by atoms with Crippen molar-refractivity contribution in [3.63, 3.8) is 0 Å². The summed E-state index contributed by atoms with van der Waals surface area (Å²) in [6.45, 7) is 9.08. The van der Waals surface area contributed by atoms with Crippen LogP contribution in [0, 0.1) is 5.92 Å². The Kier molecular flexibility index (Phi) is 10.7. The van der Waals surface area contributed by atoms with E-state index in [0.29, 0.717) is 13.2 Å². The molecular weight excluding hydrogens is 519 g/mol. The van der Waals surface area contributed by atoms with Gasteiger partial charge in [0.2, 0.25) is 0 Å². The number of anilines is 1. The van der Waals surface area contributed by atoms with Crippen LogP contribution in [0.5, 0.6) is 11.5 Å². The van der Waals surface area contributed by atoms with Gasteiger partial charge in [-0.2, -0.15) is 0 Å². The normalized spacial score (nSPS) is 18.1. The highest BCUT2D eigenvalue weighted by Gasteiger charge is 2.27. The van der Waals surface area contributed by atoms with E-state index in [4.69, 9.17) is 19.2 Å². The molecule has 8 heteroatoms. The van der Waals surface area contributed by atoms with Crippen molar-refractivity contribution in [2.24, 2.45) is 10.9 Å². The molecule has 180 valence electrons. The SMILES string of the molecule is CCN(CCNC(=NCCCOCC1CC1)Nc1ccc2c(c1)OCCCO2)C1CC1.I. The zero-order valence-corrected chi connectivity index (χ0v) is 21.6. The topological polar surface area (TPSA) is 67.4 Å². The first-order chi connectivity index (χ1) is 15.3. The Morgan fingerprint density at radius 3 is 2.72 bits per heavy atom. The fourth-order valence-corrected chi connectivity index (χ4v) is 3.77. The Bertz CT molecular complexity index is 725. The molecule has 1 heterocycles.